The zero-order valence-corrected chi connectivity index (χ0v) is 6.63. The van der Waals surface area contributed by atoms with Crippen LogP contribution >= 0.6 is 0 Å². The fourth-order valence-electron chi connectivity index (χ4n) is 1.26. The SMILES string of the molecule is Cc1cnc2[nH]ccc2c1C#N. The minimum absolute atomic E-state index is 0.709. The van der Waals surface area contributed by atoms with Crippen molar-refractivity contribution in [2.24, 2.45) is 0 Å². The molecule has 0 radical (unpaired) electrons. The molecule has 2 rings (SSSR count). The molecule has 2 aromatic rings. The molecule has 0 amide bonds. The first-order valence-corrected chi connectivity index (χ1v) is 3.65. The minimum Gasteiger partial charge on any atom is -0.346 e. The molecular weight excluding hydrogens is 150 g/mol. The lowest BCUT2D eigenvalue weighted by molar-refractivity contribution is 1.27. The van der Waals surface area contributed by atoms with Crippen molar-refractivity contribution in [2.45, 2.75) is 6.92 Å². The number of rotatable bonds is 0. The molecule has 0 spiro atoms. The number of pyridine rings is 1. The van der Waals surface area contributed by atoms with Crippen molar-refractivity contribution in [3.05, 3.63) is 29.6 Å². The summed E-state index contributed by atoms with van der Waals surface area (Å²) in [6, 6.07) is 4.03. The number of hydrogen-bond acceptors (Lipinski definition) is 2. The summed E-state index contributed by atoms with van der Waals surface area (Å²) < 4.78 is 0. The van der Waals surface area contributed by atoms with E-state index in [0.29, 0.717) is 5.56 Å². The van der Waals surface area contributed by atoms with Gasteiger partial charge in [-0.15, -0.1) is 0 Å². The molecule has 2 aromatic heterocycles. The van der Waals surface area contributed by atoms with Gasteiger partial charge in [-0.2, -0.15) is 5.26 Å². The van der Waals surface area contributed by atoms with Crippen LogP contribution < -0.4 is 0 Å². The molecule has 0 unspecified atom stereocenters. The normalized spacial score (nSPS) is 10.0. The number of hydrogen-bond donors (Lipinski definition) is 1. The number of aromatic nitrogens is 2. The van der Waals surface area contributed by atoms with Gasteiger partial charge in [0.15, 0.2) is 0 Å². The van der Waals surface area contributed by atoms with Gasteiger partial charge in [0.05, 0.1) is 5.56 Å². The van der Waals surface area contributed by atoms with Gasteiger partial charge < -0.3 is 4.98 Å². The molecule has 3 nitrogen and oxygen atoms in total. The highest BCUT2D eigenvalue weighted by Gasteiger charge is 2.04. The van der Waals surface area contributed by atoms with E-state index in [9.17, 15) is 0 Å². The van der Waals surface area contributed by atoms with Crippen molar-refractivity contribution in [1.29, 1.82) is 5.26 Å². The third kappa shape index (κ3) is 0.785. The quantitative estimate of drug-likeness (QED) is 0.633. The summed E-state index contributed by atoms with van der Waals surface area (Å²) in [4.78, 5) is 7.10. The second-order valence-corrected chi connectivity index (χ2v) is 2.67. The Morgan fingerprint density at radius 2 is 2.42 bits per heavy atom. The number of H-pyrrole nitrogens is 1. The van der Waals surface area contributed by atoms with Gasteiger partial charge in [0.25, 0.3) is 0 Å². The van der Waals surface area contributed by atoms with Gasteiger partial charge in [-0.1, -0.05) is 0 Å². The molecule has 0 aliphatic carbocycles. The third-order valence-electron chi connectivity index (χ3n) is 1.89. The van der Waals surface area contributed by atoms with Gasteiger partial charge in [-0.05, 0) is 18.6 Å². The summed E-state index contributed by atoms with van der Waals surface area (Å²) in [5, 5.41) is 9.74. The zero-order valence-electron chi connectivity index (χ0n) is 6.63. The second kappa shape index (κ2) is 2.35. The minimum atomic E-state index is 0.709. The molecule has 0 aliphatic rings. The fraction of sp³-hybridized carbons (Fsp3) is 0.111. The number of nitrogens with one attached hydrogen (secondary N) is 1. The fourth-order valence-corrected chi connectivity index (χ4v) is 1.26. The molecule has 0 saturated heterocycles. The van der Waals surface area contributed by atoms with Gasteiger partial charge in [0.1, 0.15) is 11.7 Å². The Labute approximate surface area is 69.7 Å². The van der Waals surface area contributed by atoms with E-state index in [2.05, 4.69) is 16.0 Å². The topological polar surface area (TPSA) is 52.5 Å². The van der Waals surface area contributed by atoms with Crippen molar-refractivity contribution in [3.63, 3.8) is 0 Å². The van der Waals surface area contributed by atoms with Gasteiger partial charge in [0.2, 0.25) is 0 Å². The molecule has 0 fully saturated rings. The van der Waals surface area contributed by atoms with E-state index in [0.717, 1.165) is 16.6 Å². The summed E-state index contributed by atoms with van der Waals surface area (Å²) >= 11 is 0. The summed E-state index contributed by atoms with van der Waals surface area (Å²) in [6.45, 7) is 1.89. The van der Waals surface area contributed by atoms with Crippen LogP contribution in [0.4, 0.5) is 0 Å². The van der Waals surface area contributed by atoms with Gasteiger partial charge in [-0.25, -0.2) is 4.98 Å². The van der Waals surface area contributed by atoms with E-state index in [1.807, 2.05) is 13.0 Å². The number of nitriles is 1. The molecular formula is C9H7N3. The number of fused-ring (bicyclic) bond motifs is 1. The highest BCUT2D eigenvalue weighted by Crippen LogP contribution is 2.17. The predicted octanol–water partition coefficient (Wildman–Crippen LogP) is 1.74. The van der Waals surface area contributed by atoms with Crippen molar-refractivity contribution >= 4 is 11.0 Å². The van der Waals surface area contributed by atoms with Crippen LogP contribution in [0.15, 0.2) is 18.5 Å². The summed E-state index contributed by atoms with van der Waals surface area (Å²) in [5.74, 6) is 0. The van der Waals surface area contributed by atoms with Crippen LogP contribution in [0.1, 0.15) is 11.1 Å². The van der Waals surface area contributed by atoms with Crippen molar-refractivity contribution in [3.8, 4) is 6.07 Å². The van der Waals surface area contributed by atoms with Crippen molar-refractivity contribution < 1.29 is 0 Å². The van der Waals surface area contributed by atoms with E-state index < -0.39 is 0 Å². The molecule has 3 heteroatoms. The Morgan fingerprint density at radius 3 is 3.17 bits per heavy atom. The van der Waals surface area contributed by atoms with Crippen LogP contribution in [-0.4, -0.2) is 9.97 Å². The Hall–Kier alpha value is -1.82. The largest absolute Gasteiger partial charge is 0.346 e. The number of aryl methyl sites for hydroxylation is 1. The van der Waals surface area contributed by atoms with E-state index in [1.54, 1.807) is 12.4 Å². The van der Waals surface area contributed by atoms with Gasteiger partial charge in [0, 0.05) is 17.8 Å². The summed E-state index contributed by atoms with van der Waals surface area (Å²) in [5.41, 5.74) is 2.41. The van der Waals surface area contributed by atoms with Crippen LogP contribution in [0.25, 0.3) is 11.0 Å². The monoisotopic (exact) mass is 157 g/mol. The maximum Gasteiger partial charge on any atom is 0.138 e. The molecule has 0 aromatic carbocycles. The van der Waals surface area contributed by atoms with E-state index in [4.69, 9.17) is 5.26 Å². The second-order valence-electron chi connectivity index (χ2n) is 2.67. The molecule has 12 heavy (non-hydrogen) atoms. The average molecular weight is 157 g/mol. The van der Waals surface area contributed by atoms with Crippen LogP contribution in [0, 0.1) is 18.3 Å². The number of nitrogens with zero attached hydrogens (tertiary/aromatic N) is 2. The van der Waals surface area contributed by atoms with Crippen LogP contribution in [0.5, 0.6) is 0 Å². The average Bonchev–Trinajstić information content (AvgIpc) is 2.52. The first-order valence-electron chi connectivity index (χ1n) is 3.65. The molecule has 0 aliphatic heterocycles. The molecule has 0 saturated carbocycles. The molecule has 0 atom stereocenters. The maximum atomic E-state index is 8.84. The van der Waals surface area contributed by atoms with Gasteiger partial charge in [-0.3, -0.25) is 0 Å². The standard InChI is InChI=1S/C9H7N3/c1-6-5-12-9-7(2-3-11-9)8(6)4-10/h2-3,5H,1H3,(H,11,12). The summed E-state index contributed by atoms with van der Waals surface area (Å²) in [6.07, 6.45) is 3.50. The smallest absolute Gasteiger partial charge is 0.138 e. The molecule has 0 bridgehead atoms. The lowest BCUT2D eigenvalue weighted by Crippen LogP contribution is -1.85. The lowest BCUT2D eigenvalue weighted by atomic mass is 10.1. The maximum absolute atomic E-state index is 8.84. The Morgan fingerprint density at radius 1 is 1.58 bits per heavy atom. The first-order chi connectivity index (χ1) is 5.83. The molecule has 2 heterocycles. The van der Waals surface area contributed by atoms with E-state index >= 15 is 0 Å². The van der Waals surface area contributed by atoms with Crippen molar-refractivity contribution in [1.82, 2.24) is 9.97 Å². The first kappa shape index (κ1) is 6.86. The van der Waals surface area contributed by atoms with Crippen LogP contribution in [0.3, 0.4) is 0 Å². The highest BCUT2D eigenvalue weighted by molar-refractivity contribution is 5.83. The zero-order chi connectivity index (χ0) is 8.55. The number of aromatic amines is 1. The predicted molar refractivity (Wildman–Crippen MR) is 45.5 cm³/mol. The Balaban J connectivity index is 2.94. The van der Waals surface area contributed by atoms with Crippen molar-refractivity contribution in [2.75, 3.05) is 0 Å². The third-order valence-corrected chi connectivity index (χ3v) is 1.89. The van der Waals surface area contributed by atoms with Crippen LogP contribution in [0.2, 0.25) is 0 Å². The molecule has 58 valence electrons. The molecule has 1 N–H and O–H groups in total. The van der Waals surface area contributed by atoms with E-state index in [-0.39, 0.29) is 0 Å². The van der Waals surface area contributed by atoms with Gasteiger partial charge >= 0.3 is 0 Å². The summed E-state index contributed by atoms with van der Waals surface area (Å²) in [7, 11) is 0. The Bertz CT molecular complexity index is 462. The highest BCUT2D eigenvalue weighted by atomic mass is 14.8. The van der Waals surface area contributed by atoms with E-state index in [1.165, 1.54) is 0 Å². The van der Waals surface area contributed by atoms with Crippen LogP contribution in [-0.2, 0) is 0 Å². The Kier molecular flexibility index (Phi) is 1.34. The lowest BCUT2D eigenvalue weighted by Gasteiger charge is -1.96.